The van der Waals surface area contributed by atoms with Crippen molar-refractivity contribution >= 4 is 30.5 Å². The average molecular weight is 345 g/mol. The van der Waals surface area contributed by atoms with Gasteiger partial charge in [-0.25, -0.2) is 0 Å². The van der Waals surface area contributed by atoms with E-state index in [-0.39, 0.29) is 24.8 Å². The van der Waals surface area contributed by atoms with E-state index >= 15 is 0 Å². The molecule has 126 valence electrons. The third-order valence-electron chi connectivity index (χ3n) is 5.52. The third-order valence-corrected chi connectivity index (χ3v) is 5.52. The monoisotopic (exact) mass is 344 g/mol. The summed E-state index contributed by atoms with van der Waals surface area (Å²) >= 11 is 0. The number of nitrogens with zero attached hydrogens (tertiary/aromatic N) is 1. The summed E-state index contributed by atoms with van der Waals surface area (Å²) in [5, 5.41) is 3.76. The van der Waals surface area contributed by atoms with E-state index < -0.39 is 0 Å². The molecule has 1 aromatic rings. The zero-order valence-corrected chi connectivity index (χ0v) is 15.6. The van der Waals surface area contributed by atoms with Crippen LogP contribution in [0, 0.1) is 17.8 Å². The van der Waals surface area contributed by atoms with Gasteiger partial charge in [0.25, 0.3) is 0 Å². The molecule has 22 heavy (non-hydrogen) atoms. The van der Waals surface area contributed by atoms with Crippen LogP contribution in [-0.4, -0.2) is 20.1 Å². The molecule has 0 aromatic heterocycles. The van der Waals surface area contributed by atoms with Crippen LogP contribution in [-0.2, 0) is 6.54 Å². The molecule has 0 spiro atoms. The lowest BCUT2D eigenvalue weighted by Crippen LogP contribution is -2.35. The van der Waals surface area contributed by atoms with Crippen LogP contribution in [0.15, 0.2) is 24.3 Å². The number of hydrogen-bond acceptors (Lipinski definition) is 2. The van der Waals surface area contributed by atoms with Crippen LogP contribution in [0.1, 0.15) is 38.2 Å². The number of hydrogen-bond donors (Lipinski definition) is 1. The van der Waals surface area contributed by atoms with Crippen molar-refractivity contribution in [3.05, 3.63) is 29.8 Å². The summed E-state index contributed by atoms with van der Waals surface area (Å²) in [5.41, 5.74) is 2.67. The quantitative estimate of drug-likeness (QED) is 0.845. The Hall–Kier alpha value is -0.440. The van der Waals surface area contributed by atoms with Gasteiger partial charge in [0.1, 0.15) is 0 Å². The Kier molecular flexibility index (Phi) is 7.51. The van der Waals surface area contributed by atoms with Crippen molar-refractivity contribution in [1.29, 1.82) is 0 Å². The normalized spacial score (nSPS) is 27.0. The number of benzene rings is 1. The van der Waals surface area contributed by atoms with Crippen LogP contribution in [0.25, 0.3) is 0 Å². The largest absolute Gasteiger partial charge is 0.378 e. The Morgan fingerprint density at radius 1 is 1.09 bits per heavy atom. The van der Waals surface area contributed by atoms with Gasteiger partial charge in [0.15, 0.2) is 0 Å². The van der Waals surface area contributed by atoms with Crippen molar-refractivity contribution in [2.24, 2.45) is 17.8 Å². The lowest BCUT2D eigenvalue weighted by molar-refractivity contribution is 0.259. The van der Waals surface area contributed by atoms with Crippen LogP contribution in [0.4, 0.5) is 5.69 Å². The summed E-state index contributed by atoms with van der Waals surface area (Å²) in [5.74, 6) is 2.99. The van der Waals surface area contributed by atoms with Gasteiger partial charge in [-0.05, 0) is 61.6 Å². The van der Waals surface area contributed by atoms with Crippen LogP contribution in [0.2, 0.25) is 0 Å². The second kappa shape index (κ2) is 8.42. The molecule has 2 fully saturated rings. The molecule has 1 aromatic carbocycles. The minimum Gasteiger partial charge on any atom is -0.378 e. The van der Waals surface area contributed by atoms with E-state index in [0.29, 0.717) is 6.04 Å². The predicted molar refractivity (Wildman–Crippen MR) is 101 cm³/mol. The van der Waals surface area contributed by atoms with Crippen molar-refractivity contribution in [2.45, 2.75) is 45.2 Å². The Morgan fingerprint density at radius 2 is 1.77 bits per heavy atom. The predicted octanol–water partition coefficient (Wildman–Crippen LogP) is 4.51. The second-order valence-electron chi connectivity index (χ2n) is 7.07. The van der Waals surface area contributed by atoms with Gasteiger partial charge in [-0.2, -0.15) is 0 Å². The molecule has 0 heterocycles. The van der Waals surface area contributed by atoms with Crippen LogP contribution >= 0.6 is 24.8 Å². The molecule has 2 aliphatic rings. The molecule has 2 saturated carbocycles. The SMILES string of the molecule is CC(NCc1ccc(N(C)C)cc1)C1CC2CCC1C2.Cl.Cl. The molecule has 0 amide bonds. The Labute approximate surface area is 147 Å². The fourth-order valence-electron chi connectivity index (χ4n) is 4.25. The summed E-state index contributed by atoms with van der Waals surface area (Å²) in [7, 11) is 4.18. The molecule has 2 aliphatic carbocycles. The fourth-order valence-corrected chi connectivity index (χ4v) is 4.25. The molecule has 1 N–H and O–H groups in total. The smallest absolute Gasteiger partial charge is 0.0361 e. The van der Waals surface area contributed by atoms with Crippen molar-refractivity contribution in [1.82, 2.24) is 5.32 Å². The lowest BCUT2D eigenvalue weighted by Gasteiger charge is -2.28. The molecule has 3 rings (SSSR count). The van der Waals surface area contributed by atoms with Crippen molar-refractivity contribution in [2.75, 3.05) is 19.0 Å². The second-order valence-corrected chi connectivity index (χ2v) is 7.07. The zero-order chi connectivity index (χ0) is 14.1. The Morgan fingerprint density at radius 3 is 2.27 bits per heavy atom. The van der Waals surface area contributed by atoms with E-state index in [1.54, 1.807) is 0 Å². The molecule has 4 unspecified atom stereocenters. The van der Waals surface area contributed by atoms with Gasteiger partial charge in [0.05, 0.1) is 0 Å². The van der Waals surface area contributed by atoms with E-state index in [1.807, 2.05) is 0 Å². The van der Waals surface area contributed by atoms with E-state index in [1.165, 1.54) is 36.9 Å². The first-order valence-corrected chi connectivity index (χ1v) is 8.13. The summed E-state index contributed by atoms with van der Waals surface area (Å²) in [6.45, 7) is 3.39. The van der Waals surface area contributed by atoms with Crippen LogP contribution < -0.4 is 10.2 Å². The Bertz CT molecular complexity index is 447. The standard InChI is InChI=1S/C18H28N2.2ClH/c1-13(18-11-15-4-7-16(18)10-15)19-12-14-5-8-17(9-6-14)20(2)3;;/h5-6,8-9,13,15-16,18-19H,4,7,10-12H2,1-3H3;2*1H. The average Bonchev–Trinajstić information content (AvgIpc) is 3.08. The van der Waals surface area contributed by atoms with Gasteiger partial charge in [0.2, 0.25) is 0 Å². The van der Waals surface area contributed by atoms with Gasteiger partial charge in [-0.15, -0.1) is 24.8 Å². The summed E-state index contributed by atoms with van der Waals surface area (Å²) in [6.07, 6.45) is 5.96. The maximum atomic E-state index is 3.76. The molecule has 4 heteroatoms. The van der Waals surface area contributed by atoms with E-state index in [2.05, 4.69) is 55.5 Å². The maximum Gasteiger partial charge on any atom is 0.0361 e. The van der Waals surface area contributed by atoms with Gasteiger partial charge >= 0.3 is 0 Å². The zero-order valence-electron chi connectivity index (χ0n) is 13.9. The molecule has 0 radical (unpaired) electrons. The molecular weight excluding hydrogens is 315 g/mol. The number of halogens is 2. The van der Waals surface area contributed by atoms with Gasteiger partial charge in [-0.1, -0.05) is 18.6 Å². The van der Waals surface area contributed by atoms with Gasteiger partial charge in [0, 0.05) is 32.4 Å². The summed E-state index contributed by atoms with van der Waals surface area (Å²) in [6, 6.07) is 9.57. The van der Waals surface area contributed by atoms with Crippen LogP contribution in [0.5, 0.6) is 0 Å². The molecule has 2 bridgehead atoms. The topological polar surface area (TPSA) is 15.3 Å². The highest BCUT2D eigenvalue weighted by Crippen LogP contribution is 2.49. The number of rotatable bonds is 5. The molecule has 2 nitrogen and oxygen atoms in total. The highest BCUT2D eigenvalue weighted by Gasteiger charge is 2.41. The third kappa shape index (κ3) is 4.31. The highest BCUT2D eigenvalue weighted by molar-refractivity contribution is 5.85. The Balaban J connectivity index is 0.00000121. The fraction of sp³-hybridized carbons (Fsp3) is 0.667. The first-order valence-electron chi connectivity index (χ1n) is 8.13. The minimum atomic E-state index is 0. The minimum absolute atomic E-state index is 0. The van der Waals surface area contributed by atoms with Crippen molar-refractivity contribution in [3.63, 3.8) is 0 Å². The van der Waals surface area contributed by atoms with Gasteiger partial charge < -0.3 is 10.2 Å². The molecule has 4 atom stereocenters. The maximum absolute atomic E-state index is 3.76. The first-order chi connectivity index (χ1) is 9.63. The van der Waals surface area contributed by atoms with E-state index in [4.69, 9.17) is 0 Å². The number of anilines is 1. The van der Waals surface area contributed by atoms with Crippen LogP contribution in [0.3, 0.4) is 0 Å². The number of nitrogens with one attached hydrogen (secondary N) is 1. The first kappa shape index (κ1) is 19.6. The lowest BCUT2D eigenvalue weighted by atomic mass is 9.84. The molecule has 0 aliphatic heterocycles. The van der Waals surface area contributed by atoms with E-state index in [0.717, 1.165) is 24.3 Å². The summed E-state index contributed by atoms with van der Waals surface area (Å²) in [4.78, 5) is 2.15. The van der Waals surface area contributed by atoms with Crippen molar-refractivity contribution < 1.29 is 0 Å². The molecular formula is C18H30Cl2N2. The molecule has 0 saturated heterocycles. The van der Waals surface area contributed by atoms with Gasteiger partial charge in [-0.3, -0.25) is 0 Å². The number of fused-ring (bicyclic) bond motifs is 2. The summed E-state index contributed by atoms with van der Waals surface area (Å²) < 4.78 is 0. The van der Waals surface area contributed by atoms with E-state index in [9.17, 15) is 0 Å². The highest BCUT2D eigenvalue weighted by atomic mass is 35.5. The van der Waals surface area contributed by atoms with Crippen molar-refractivity contribution in [3.8, 4) is 0 Å².